The highest BCUT2D eigenvalue weighted by Crippen LogP contribution is 2.34. The molecule has 0 saturated carbocycles. The number of carbonyl (C=O) groups excluding carboxylic acids is 1. The van der Waals surface area contributed by atoms with E-state index >= 15 is 0 Å². The number of ketones is 1. The molecule has 0 aromatic heterocycles. The first-order valence-corrected chi connectivity index (χ1v) is 5.13. The molecule has 74 valence electrons. The maximum atomic E-state index is 11.4. The summed E-state index contributed by atoms with van der Waals surface area (Å²) in [5.74, 6) is 0.761. The van der Waals surface area contributed by atoms with E-state index in [1.54, 1.807) is 6.92 Å². The Kier molecular flexibility index (Phi) is 2.33. The second kappa shape index (κ2) is 3.37. The zero-order valence-corrected chi connectivity index (χ0v) is 9.30. The van der Waals surface area contributed by atoms with Crippen molar-refractivity contribution in [3.05, 3.63) is 27.7 Å². The average Bonchev–Trinajstić information content (AvgIpc) is 2.43. The molecule has 2 N–H and O–H groups in total. The van der Waals surface area contributed by atoms with Crippen LogP contribution in [0.2, 0.25) is 0 Å². The van der Waals surface area contributed by atoms with Crippen LogP contribution in [0.15, 0.2) is 16.6 Å². The summed E-state index contributed by atoms with van der Waals surface area (Å²) in [4.78, 5) is 11.4. The lowest BCUT2D eigenvalue weighted by Crippen LogP contribution is -2.24. The largest absolute Gasteiger partial charge is 0.475 e. The molecular weight excluding hydrogens is 246 g/mol. The lowest BCUT2D eigenvalue weighted by molar-refractivity contribution is 0.101. The van der Waals surface area contributed by atoms with Crippen molar-refractivity contribution >= 4 is 21.7 Å². The maximum absolute atomic E-state index is 11.4. The van der Waals surface area contributed by atoms with E-state index in [4.69, 9.17) is 10.5 Å². The molecule has 1 aliphatic heterocycles. The van der Waals surface area contributed by atoms with Crippen LogP contribution in [0, 0.1) is 0 Å². The molecule has 0 bridgehead atoms. The fourth-order valence-electron chi connectivity index (χ4n) is 1.70. The first-order chi connectivity index (χ1) is 6.59. The van der Waals surface area contributed by atoms with Gasteiger partial charge < -0.3 is 4.74 Å². The molecule has 0 saturated heterocycles. The van der Waals surface area contributed by atoms with Gasteiger partial charge in [0.2, 0.25) is 0 Å². The Morgan fingerprint density at radius 1 is 1.64 bits per heavy atom. The molecule has 0 aliphatic carbocycles. The summed E-state index contributed by atoms with van der Waals surface area (Å²) in [7, 11) is 0. The Labute approximate surface area is 90.4 Å². The highest BCUT2D eigenvalue weighted by Gasteiger charge is 2.25. The molecule has 2 rings (SSSR count). The minimum absolute atomic E-state index is 0.0337. The van der Waals surface area contributed by atoms with E-state index < -0.39 is 0 Å². The second-order valence-corrected chi connectivity index (χ2v) is 4.17. The highest BCUT2D eigenvalue weighted by molar-refractivity contribution is 9.10. The molecule has 1 unspecified atom stereocenters. The Bertz CT molecular complexity index is 403. The van der Waals surface area contributed by atoms with Crippen molar-refractivity contribution < 1.29 is 9.53 Å². The van der Waals surface area contributed by atoms with Crippen LogP contribution in [0.5, 0.6) is 5.75 Å². The third-order valence-electron chi connectivity index (χ3n) is 2.25. The molecule has 0 radical (unpaired) electrons. The third-order valence-corrected chi connectivity index (χ3v) is 2.92. The summed E-state index contributed by atoms with van der Waals surface area (Å²) in [5, 5.41) is 0. The van der Waals surface area contributed by atoms with E-state index in [0.29, 0.717) is 12.0 Å². The number of fused-ring (bicyclic) bond motifs is 1. The van der Waals surface area contributed by atoms with Gasteiger partial charge in [-0.3, -0.25) is 10.5 Å². The van der Waals surface area contributed by atoms with Gasteiger partial charge in [-0.05, 0) is 19.1 Å². The van der Waals surface area contributed by atoms with Gasteiger partial charge in [0, 0.05) is 22.0 Å². The van der Waals surface area contributed by atoms with Crippen LogP contribution in [0.1, 0.15) is 22.8 Å². The number of ether oxygens (including phenoxy) is 1. The van der Waals surface area contributed by atoms with Crippen LogP contribution in [0.25, 0.3) is 0 Å². The van der Waals surface area contributed by atoms with Crippen LogP contribution in [0.3, 0.4) is 0 Å². The molecule has 1 heterocycles. The first kappa shape index (κ1) is 9.68. The highest BCUT2D eigenvalue weighted by atomic mass is 79.9. The third kappa shape index (κ3) is 1.44. The van der Waals surface area contributed by atoms with E-state index in [1.807, 2.05) is 12.1 Å². The van der Waals surface area contributed by atoms with Crippen LogP contribution in [-0.4, -0.2) is 12.0 Å². The van der Waals surface area contributed by atoms with Gasteiger partial charge in [0.25, 0.3) is 0 Å². The SMILES string of the molecule is CC(=O)c1c(Br)ccc2c1CC(N)O2. The predicted octanol–water partition coefficient (Wildman–Crippen LogP) is 1.87. The van der Waals surface area contributed by atoms with Gasteiger partial charge in [0.05, 0.1) is 0 Å². The Hall–Kier alpha value is -0.870. The molecule has 1 aromatic rings. The van der Waals surface area contributed by atoms with Gasteiger partial charge in [-0.1, -0.05) is 15.9 Å². The quantitative estimate of drug-likeness (QED) is 0.780. The number of carbonyl (C=O) groups is 1. The second-order valence-electron chi connectivity index (χ2n) is 3.32. The summed E-state index contributed by atoms with van der Waals surface area (Å²) >= 11 is 3.35. The zero-order valence-electron chi connectivity index (χ0n) is 7.71. The topological polar surface area (TPSA) is 52.3 Å². The molecular formula is C10H10BrNO2. The van der Waals surface area contributed by atoms with Crippen LogP contribution >= 0.6 is 15.9 Å². The maximum Gasteiger partial charge on any atom is 0.161 e. The molecule has 1 aromatic carbocycles. The van der Waals surface area contributed by atoms with Gasteiger partial charge in [0.15, 0.2) is 12.0 Å². The van der Waals surface area contributed by atoms with Crippen molar-refractivity contribution in [2.75, 3.05) is 0 Å². The van der Waals surface area contributed by atoms with E-state index in [0.717, 1.165) is 15.8 Å². The minimum atomic E-state index is -0.322. The molecule has 0 spiro atoms. The summed E-state index contributed by atoms with van der Waals surface area (Å²) < 4.78 is 6.16. The normalized spacial score (nSPS) is 18.9. The fraction of sp³-hybridized carbons (Fsp3) is 0.300. The number of hydrogen-bond acceptors (Lipinski definition) is 3. The van der Waals surface area contributed by atoms with Gasteiger partial charge in [-0.25, -0.2) is 0 Å². The number of nitrogens with two attached hydrogens (primary N) is 1. The summed E-state index contributed by atoms with van der Waals surface area (Å²) in [6.45, 7) is 1.55. The standard InChI is InChI=1S/C10H10BrNO2/c1-5(13)10-6-4-9(12)14-8(6)3-2-7(10)11/h2-3,9H,4,12H2,1H3. The van der Waals surface area contributed by atoms with E-state index in [1.165, 1.54) is 0 Å². The number of rotatable bonds is 1. The fourth-order valence-corrected chi connectivity index (χ4v) is 2.35. The number of benzene rings is 1. The first-order valence-electron chi connectivity index (χ1n) is 4.34. The monoisotopic (exact) mass is 255 g/mol. The Balaban J connectivity index is 2.60. The molecule has 3 nitrogen and oxygen atoms in total. The minimum Gasteiger partial charge on any atom is -0.475 e. The van der Waals surface area contributed by atoms with Crippen LogP contribution in [0.4, 0.5) is 0 Å². The summed E-state index contributed by atoms with van der Waals surface area (Å²) in [6, 6.07) is 3.65. The van der Waals surface area contributed by atoms with Crippen LogP contribution in [-0.2, 0) is 6.42 Å². The number of Topliss-reactive ketones (excluding diaryl/α,β-unsaturated/α-hetero) is 1. The molecule has 14 heavy (non-hydrogen) atoms. The molecule has 4 heteroatoms. The number of halogens is 1. The molecule has 0 fully saturated rings. The lowest BCUT2D eigenvalue weighted by Gasteiger charge is -2.05. The smallest absolute Gasteiger partial charge is 0.161 e. The lowest BCUT2D eigenvalue weighted by atomic mass is 10.0. The summed E-state index contributed by atoms with van der Waals surface area (Å²) in [6.07, 6.45) is 0.279. The van der Waals surface area contributed by atoms with Crippen molar-refractivity contribution in [3.63, 3.8) is 0 Å². The van der Waals surface area contributed by atoms with Gasteiger partial charge in [-0.15, -0.1) is 0 Å². The van der Waals surface area contributed by atoms with E-state index in [-0.39, 0.29) is 12.0 Å². The molecule has 1 aliphatic rings. The Morgan fingerprint density at radius 3 is 3.00 bits per heavy atom. The van der Waals surface area contributed by atoms with Crippen molar-refractivity contribution in [1.82, 2.24) is 0 Å². The zero-order chi connectivity index (χ0) is 10.3. The van der Waals surface area contributed by atoms with Crippen molar-refractivity contribution in [3.8, 4) is 5.75 Å². The van der Waals surface area contributed by atoms with Crippen LogP contribution < -0.4 is 10.5 Å². The Morgan fingerprint density at radius 2 is 2.36 bits per heavy atom. The van der Waals surface area contributed by atoms with E-state index in [2.05, 4.69) is 15.9 Å². The number of hydrogen-bond donors (Lipinski definition) is 1. The average molecular weight is 256 g/mol. The van der Waals surface area contributed by atoms with Gasteiger partial charge in [0.1, 0.15) is 5.75 Å². The van der Waals surface area contributed by atoms with Gasteiger partial charge >= 0.3 is 0 Å². The van der Waals surface area contributed by atoms with Crippen molar-refractivity contribution in [1.29, 1.82) is 0 Å². The van der Waals surface area contributed by atoms with Crippen molar-refractivity contribution in [2.24, 2.45) is 5.73 Å². The van der Waals surface area contributed by atoms with Gasteiger partial charge in [-0.2, -0.15) is 0 Å². The predicted molar refractivity (Wildman–Crippen MR) is 56.5 cm³/mol. The van der Waals surface area contributed by atoms with E-state index in [9.17, 15) is 4.79 Å². The van der Waals surface area contributed by atoms with Crippen molar-refractivity contribution in [2.45, 2.75) is 19.6 Å². The summed E-state index contributed by atoms with van der Waals surface area (Å²) in [5.41, 5.74) is 7.26. The molecule has 1 atom stereocenters. The molecule has 0 amide bonds.